The van der Waals surface area contributed by atoms with Crippen molar-refractivity contribution in [2.24, 2.45) is 0 Å². The number of aromatic nitrogens is 1. The molecule has 0 spiro atoms. The van der Waals surface area contributed by atoms with Gasteiger partial charge in [0.1, 0.15) is 0 Å². The lowest BCUT2D eigenvalue weighted by Gasteiger charge is -2.12. The molecule has 0 radical (unpaired) electrons. The first-order valence-electron chi connectivity index (χ1n) is 8.98. The Morgan fingerprint density at radius 2 is 1.89 bits per heavy atom. The smallest absolute Gasteiger partial charge is 0.339 e. The normalized spacial score (nSPS) is 10.9. The van der Waals surface area contributed by atoms with Gasteiger partial charge in [0.05, 0.1) is 11.1 Å². The maximum absolute atomic E-state index is 12.7. The maximum atomic E-state index is 12.7. The summed E-state index contributed by atoms with van der Waals surface area (Å²) in [7, 11) is 0. The number of nitrogens with one attached hydrogen (secondary N) is 1. The molecule has 5 nitrogen and oxygen atoms in total. The van der Waals surface area contributed by atoms with Gasteiger partial charge in [-0.1, -0.05) is 49.7 Å². The second kappa shape index (κ2) is 8.40. The molecule has 0 saturated carbocycles. The van der Waals surface area contributed by atoms with Crippen LogP contribution in [0.3, 0.4) is 0 Å². The SMILES string of the molecule is Cc1c(Cl)cccc1NC(=O)COC(=O)c1cc(C(C)C)nc2ccccc12. The van der Waals surface area contributed by atoms with Gasteiger partial charge in [0.2, 0.25) is 0 Å². The van der Waals surface area contributed by atoms with Crippen molar-refractivity contribution in [3.63, 3.8) is 0 Å². The van der Waals surface area contributed by atoms with Crippen LogP contribution in [0.5, 0.6) is 0 Å². The summed E-state index contributed by atoms with van der Waals surface area (Å²) in [5.74, 6) is -0.829. The molecular formula is C22H21ClN2O3. The highest BCUT2D eigenvalue weighted by Crippen LogP contribution is 2.24. The number of hydrogen-bond donors (Lipinski definition) is 1. The molecule has 0 aliphatic heterocycles. The van der Waals surface area contributed by atoms with E-state index in [9.17, 15) is 9.59 Å². The van der Waals surface area contributed by atoms with Crippen LogP contribution < -0.4 is 5.32 Å². The average molecular weight is 397 g/mol. The van der Waals surface area contributed by atoms with Crippen LogP contribution in [0.25, 0.3) is 10.9 Å². The van der Waals surface area contributed by atoms with E-state index in [1.54, 1.807) is 31.2 Å². The van der Waals surface area contributed by atoms with Gasteiger partial charge in [0.15, 0.2) is 6.61 Å². The van der Waals surface area contributed by atoms with Crippen molar-refractivity contribution in [1.29, 1.82) is 0 Å². The third-order valence-corrected chi connectivity index (χ3v) is 4.83. The van der Waals surface area contributed by atoms with Crippen molar-refractivity contribution in [2.75, 3.05) is 11.9 Å². The number of hydrogen-bond acceptors (Lipinski definition) is 4. The summed E-state index contributed by atoms with van der Waals surface area (Å²) in [6.07, 6.45) is 0. The molecule has 3 rings (SSSR count). The molecule has 0 fully saturated rings. The van der Waals surface area contributed by atoms with Crippen molar-refractivity contribution < 1.29 is 14.3 Å². The summed E-state index contributed by atoms with van der Waals surface area (Å²) in [6.45, 7) is 5.43. The molecular weight excluding hydrogens is 376 g/mol. The van der Waals surface area contributed by atoms with E-state index >= 15 is 0 Å². The first-order chi connectivity index (χ1) is 13.4. The quantitative estimate of drug-likeness (QED) is 0.608. The van der Waals surface area contributed by atoms with E-state index < -0.39 is 18.5 Å². The monoisotopic (exact) mass is 396 g/mol. The Morgan fingerprint density at radius 1 is 1.14 bits per heavy atom. The predicted molar refractivity (Wildman–Crippen MR) is 111 cm³/mol. The van der Waals surface area contributed by atoms with Crippen LogP contribution in [0.1, 0.15) is 41.4 Å². The predicted octanol–water partition coefficient (Wildman–Crippen LogP) is 5.12. The average Bonchev–Trinajstić information content (AvgIpc) is 2.68. The number of halogens is 1. The summed E-state index contributed by atoms with van der Waals surface area (Å²) in [5, 5.41) is 3.96. The number of fused-ring (bicyclic) bond motifs is 1. The number of carbonyl (C=O) groups excluding carboxylic acids is 2. The Morgan fingerprint density at radius 3 is 2.64 bits per heavy atom. The summed E-state index contributed by atoms with van der Waals surface area (Å²) in [6, 6.07) is 14.3. The van der Waals surface area contributed by atoms with Gasteiger partial charge in [-0.15, -0.1) is 0 Å². The van der Waals surface area contributed by atoms with E-state index in [-0.39, 0.29) is 5.92 Å². The Balaban J connectivity index is 1.76. The second-order valence-electron chi connectivity index (χ2n) is 6.80. The molecule has 1 N–H and O–H groups in total. The Labute approximate surface area is 168 Å². The lowest BCUT2D eigenvalue weighted by Crippen LogP contribution is -2.21. The molecule has 0 aliphatic carbocycles. The van der Waals surface area contributed by atoms with Gasteiger partial charge in [-0.2, -0.15) is 0 Å². The highest BCUT2D eigenvalue weighted by Gasteiger charge is 2.17. The lowest BCUT2D eigenvalue weighted by molar-refractivity contribution is -0.119. The number of pyridine rings is 1. The van der Waals surface area contributed by atoms with E-state index in [1.807, 2.05) is 38.1 Å². The third kappa shape index (κ3) is 4.31. The Bertz CT molecular complexity index is 1050. The van der Waals surface area contributed by atoms with E-state index in [4.69, 9.17) is 16.3 Å². The van der Waals surface area contributed by atoms with Crippen molar-refractivity contribution in [1.82, 2.24) is 4.98 Å². The molecule has 144 valence electrons. The number of rotatable bonds is 5. The summed E-state index contributed by atoms with van der Waals surface area (Å²) in [4.78, 5) is 29.5. The van der Waals surface area contributed by atoms with Crippen LogP contribution in [0.15, 0.2) is 48.5 Å². The fourth-order valence-corrected chi connectivity index (χ4v) is 2.97. The zero-order valence-electron chi connectivity index (χ0n) is 16.0. The topological polar surface area (TPSA) is 68.3 Å². The van der Waals surface area contributed by atoms with Crippen LogP contribution in [0.2, 0.25) is 5.02 Å². The molecule has 0 aliphatic rings. The maximum Gasteiger partial charge on any atom is 0.339 e. The molecule has 3 aromatic rings. The van der Waals surface area contributed by atoms with Crippen LogP contribution >= 0.6 is 11.6 Å². The molecule has 28 heavy (non-hydrogen) atoms. The Hall–Kier alpha value is -2.92. The first kappa shape index (κ1) is 19.8. The number of ether oxygens (including phenoxy) is 1. The molecule has 0 unspecified atom stereocenters. The van der Waals surface area contributed by atoms with Gasteiger partial charge in [0, 0.05) is 21.8 Å². The highest BCUT2D eigenvalue weighted by atomic mass is 35.5. The molecule has 0 bridgehead atoms. The number of anilines is 1. The number of esters is 1. The standard InChI is InChI=1S/C22H21ClN2O3/c1-13(2)20-11-16(15-7-4-5-9-19(15)24-20)22(27)28-12-21(26)25-18-10-6-8-17(23)14(18)3/h4-11,13H,12H2,1-3H3,(H,25,26). The number of para-hydroxylation sites is 1. The molecule has 6 heteroatoms. The molecule has 1 amide bonds. The van der Waals surface area contributed by atoms with Gasteiger partial charge in [0.25, 0.3) is 5.91 Å². The minimum Gasteiger partial charge on any atom is -0.452 e. The van der Waals surface area contributed by atoms with Crippen molar-refractivity contribution >= 4 is 40.1 Å². The minimum absolute atomic E-state index is 0.158. The molecule has 1 aromatic heterocycles. The first-order valence-corrected chi connectivity index (χ1v) is 9.36. The Kier molecular flexibility index (Phi) is 5.95. The number of benzene rings is 2. The van der Waals surface area contributed by atoms with Crippen LogP contribution in [0, 0.1) is 6.92 Å². The van der Waals surface area contributed by atoms with Gasteiger partial charge in [-0.3, -0.25) is 9.78 Å². The van der Waals surface area contributed by atoms with Gasteiger partial charge in [-0.05, 0) is 42.7 Å². The van der Waals surface area contributed by atoms with Crippen LogP contribution in [0.4, 0.5) is 5.69 Å². The van der Waals surface area contributed by atoms with E-state index in [1.165, 1.54) is 0 Å². The lowest BCUT2D eigenvalue weighted by atomic mass is 10.0. The largest absolute Gasteiger partial charge is 0.452 e. The van der Waals surface area contributed by atoms with E-state index in [0.29, 0.717) is 21.7 Å². The number of carbonyl (C=O) groups is 2. The summed E-state index contributed by atoms with van der Waals surface area (Å²) >= 11 is 6.06. The van der Waals surface area contributed by atoms with Crippen molar-refractivity contribution in [3.8, 4) is 0 Å². The van der Waals surface area contributed by atoms with E-state index in [2.05, 4.69) is 10.3 Å². The number of amides is 1. The number of nitrogens with zero attached hydrogens (tertiary/aromatic N) is 1. The molecule has 0 atom stereocenters. The van der Waals surface area contributed by atoms with Gasteiger partial charge >= 0.3 is 5.97 Å². The van der Waals surface area contributed by atoms with Crippen LogP contribution in [-0.2, 0) is 9.53 Å². The molecule has 1 heterocycles. The summed E-state index contributed by atoms with van der Waals surface area (Å²) < 4.78 is 5.26. The molecule has 0 saturated heterocycles. The van der Waals surface area contributed by atoms with Gasteiger partial charge in [-0.25, -0.2) is 4.79 Å². The van der Waals surface area contributed by atoms with Crippen LogP contribution in [-0.4, -0.2) is 23.5 Å². The van der Waals surface area contributed by atoms with E-state index in [0.717, 1.165) is 16.8 Å². The third-order valence-electron chi connectivity index (χ3n) is 4.42. The zero-order chi connectivity index (χ0) is 20.3. The second-order valence-corrected chi connectivity index (χ2v) is 7.21. The zero-order valence-corrected chi connectivity index (χ0v) is 16.7. The fourth-order valence-electron chi connectivity index (χ4n) is 2.80. The summed E-state index contributed by atoms with van der Waals surface area (Å²) in [5.41, 5.74) is 3.26. The van der Waals surface area contributed by atoms with Crippen molar-refractivity contribution in [3.05, 3.63) is 70.4 Å². The van der Waals surface area contributed by atoms with Crippen molar-refractivity contribution in [2.45, 2.75) is 26.7 Å². The minimum atomic E-state index is -0.557. The van der Waals surface area contributed by atoms with Gasteiger partial charge < -0.3 is 10.1 Å². The highest BCUT2D eigenvalue weighted by molar-refractivity contribution is 6.31. The fraction of sp³-hybridized carbons (Fsp3) is 0.227. The molecule has 2 aromatic carbocycles.